The first-order valence-corrected chi connectivity index (χ1v) is 7.21. The van der Waals surface area contributed by atoms with Crippen molar-refractivity contribution in [2.45, 2.75) is 13.1 Å². The van der Waals surface area contributed by atoms with Gasteiger partial charge in [0.25, 0.3) is 0 Å². The molecule has 0 amide bonds. The minimum Gasteiger partial charge on any atom is -0.378 e. The van der Waals surface area contributed by atoms with Crippen molar-refractivity contribution < 1.29 is 26.5 Å². The fourth-order valence-corrected chi connectivity index (χ4v) is 2.18. The van der Waals surface area contributed by atoms with E-state index in [1.165, 1.54) is 0 Å². The van der Waals surface area contributed by atoms with E-state index in [9.17, 15) is 0 Å². The van der Waals surface area contributed by atoms with Crippen molar-refractivity contribution in [2.75, 3.05) is 53.6 Å². The van der Waals surface area contributed by atoms with Gasteiger partial charge in [0.15, 0.2) is 0 Å². The zero-order chi connectivity index (χ0) is 14.2. The summed E-state index contributed by atoms with van der Waals surface area (Å²) >= 11 is 0. The first kappa shape index (κ1) is 18.6. The maximum atomic E-state index is 5.56. The van der Waals surface area contributed by atoms with E-state index in [1.807, 2.05) is 0 Å². The average Bonchev–Trinajstić information content (AvgIpc) is 2.41. The van der Waals surface area contributed by atoms with Gasteiger partial charge >= 0.3 is 17.1 Å². The molecule has 0 unspecified atom stereocenters. The van der Waals surface area contributed by atoms with Gasteiger partial charge in [-0.3, -0.25) is 14.8 Å². The molecule has 0 radical (unpaired) electrons. The van der Waals surface area contributed by atoms with Crippen LogP contribution in [0, 0.1) is 0 Å². The maximum Gasteiger partial charge on any atom is 2.00 e. The number of hydrogen-bond acceptors (Lipinski definition) is 5. The van der Waals surface area contributed by atoms with Crippen LogP contribution in [0.1, 0.15) is 11.4 Å². The van der Waals surface area contributed by atoms with Crippen LogP contribution in [0.25, 0.3) is 0 Å². The molecule has 0 aromatic carbocycles. The van der Waals surface area contributed by atoms with E-state index in [1.54, 1.807) is 0 Å². The van der Waals surface area contributed by atoms with Crippen LogP contribution in [-0.2, 0) is 39.6 Å². The monoisotopic (exact) mass is 335 g/mol. The van der Waals surface area contributed by atoms with E-state index in [0.717, 1.165) is 50.8 Å². The predicted octanol–water partition coefficient (Wildman–Crippen LogP) is 0.989. The maximum absolute atomic E-state index is 5.56. The number of likely N-dealkylation sites (N-methyl/N-ethyl adjacent to an activating group) is 2. The van der Waals surface area contributed by atoms with Crippen molar-refractivity contribution in [1.29, 1.82) is 0 Å². The quantitative estimate of drug-likeness (QED) is 0.661. The summed E-state index contributed by atoms with van der Waals surface area (Å²) in [6.45, 7) is 6.35. The molecule has 0 atom stereocenters. The molecule has 1 aliphatic rings. The molecule has 1 aromatic heterocycles. The first-order chi connectivity index (χ1) is 9.74. The van der Waals surface area contributed by atoms with E-state index < -0.39 is 0 Å². The molecule has 0 saturated heterocycles. The van der Waals surface area contributed by atoms with Crippen molar-refractivity contribution >= 4 is 0 Å². The minimum absolute atomic E-state index is 0. The summed E-state index contributed by atoms with van der Waals surface area (Å²) < 4.78 is 11.1. The van der Waals surface area contributed by atoms with Crippen molar-refractivity contribution in [1.82, 2.24) is 14.8 Å². The predicted molar refractivity (Wildman–Crippen MR) is 78.5 cm³/mol. The van der Waals surface area contributed by atoms with Gasteiger partial charge in [0, 0.05) is 26.2 Å². The van der Waals surface area contributed by atoms with Gasteiger partial charge in [-0.05, 0) is 26.2 Å². The summed E-state index contributed by atoms with van der Waals surface area (Å²) in [7, 11) is 4.19. The number of hydrogen-bond donors (Lipinski definition) is 0. The number of ether oxygens (including phenoxy) is 2. The van der Waals surface area contributed by atoms with Gasteiger partial charge in [0.1, 0.15) is 0 Å². The second-order valence-electron chi connectivity index (χ2n) is 5.32. The molecular weight excluding hydrogens is 310 g/mol. The number of rotatable bonds is 0. The van der Waals surface area contributed by atoms with E-state index in [2.05, 4.69) is 42.1 Å². The van der Waals surface area contributed by atoms with Gasteiger partial charge in [0.05, 0.1) is 37.8 Å². The molecule has 118 valence electrons. The van der Waals surface area contributed by atoms with E-state index >= 15 is 0 Å². The van der Waals surface area contributed by atoms with Gasteiger partial charge in [0.2, 0.25) is 0 Å². The summed E-state index contributed by atoms with van der Waals surface area (Å²) in [6, 6.07) is 6.26. The van der Waals surface area contributed by atoms with Gasteiger partial charge in [-0.15, -0.1) is 0 Å². The molecule has 6 heteroatoms. The summed E-state index contributed by atoms with van der Waals surface area (Å²) in [4.78, 5) is 9.18. The third-order valence-corrected chi connectivity index (χ3v) is 3.33. The summed E-state index contributed by atoms with van der Waals surface area (Å²) in [5.41, 5.74) is 2.23. The Morgan fingerprint density at radius 1 is 0.857 bits per heavy atom. The smallest absolute Gasteiger partial charge is 0.378 e. The number of pyridine rings is 1. The molecule has 5 nitrogen and oxygen atoms in total. The molecule has 1 aliphatic heterocycles. The van der Waals surface area contributed by atoms with Crippen LogP contribution in [-0.4, -0.2) is 68.4 Å². The van der Waals surface area contributed by atoms with Crippen LogP contribution >= 0.6 is 0 Å². The first-order valence-electron chi connectivity index (χ1n) is 7.21. The molecule has 0 N–H and O–H groups in total. The molecule has 2 heterocycles. The normalized spacial score (nSPS) is 20.1. The van der Waals surface area contributed by atoms with Crippen LogP contribution in [0.2, 0.25) is 0 Å². The Balaban J connectivity index is 0.00000220. The van der Waals surface area contributed by atoms with Crippen LogP contribution in [0.3, 0.4) is 0 Å². The van der Waals surface area contributed by atoms with E-state index in [4.69, 9.17) is 14.5 Å². The standard InChI is InChI=1S/C15H25N3O2.Fe/c1-17-6-8-19-10-11-20-9-7-18(2)13-15-5-3-4-14(12-17)16-15;/h3-5H,6-13H2,1-2H3;/q;+2. The molecule has 0 saturated carbocycles. The van der Waals surface area contributed by atoms with Crippen molar-refractivity contribution in [3.63, 3.8) is 0 Å². The van der Waals surface area contributed by atoms with Gasteiger partial charge in [-0.2, -0.15) is 0 Å². The third-order valence-electron chi connectivity index (χ3n) is 3.33. The Morgan fingerprint density at radius 3 is 1.81 bits per heavy atom. The number of fused-ring (bicyclic) bond motifs is 2. The summed E-state index contributed by atoms with van der Waals surface area (Å²) in [5, 5.41) is 0. The Kier molecular flexibility index (Phi) is 9.08. The molecular formula is C15H25FeN3O2+2. The van der Waals surface area contributed by atoms with Crippen LogP contribution in [0.5, 0.6) is 0 Å². The molecule has 0 aliphatic carbocycles. The zero-order valence-corrected chi connectivity index (χ0v) is 14.0. The average molecular weight is 335 g/mol. The van der Waals surface area contributed by atoms with Crippen LogP contribution < -0.4 is 0 Å². The molecule has 0 spiro atoms. The third kappa shape index (κ3) is 7.36. The Labute approximate surface area is 138 Å². The molecule has 21 heavy (non-hydrogen) atoms. The SMILES string of the molecule is CN1CCOCCOCCN(C)Cc2cccc(n2)C1.[Fe+2]. The Morgan fingerprint density at radius 2 is 1.33 bits per heavy atom. The molecule has 2 bridgehead atoms. The Bertz CT molecular complexity index is 373. The van der Waals surface area contributed by atoms with Gasteiger partial charge in [-0.25, -0.2) is 0 Å². The number of aromatic nitrogens is 1. The second kappa shape index (κ2) is 10.3. The summed E-state index contributed by atoms with van der Waals surface area (Å²) in [5.74, 6) is 0. The topological polar surface area (TPSA) is 37.8 Å². The van der Waals surface area contributed by atoms with Crippen LogP contribution in [0.4, 0.5) is 0 Å². The Hall–Kier alpha value is -0.491. The van der Waals surface area contributed by atoms with Crippen molar-refractivity contribution in [3.05, 3.63) is 29.6 Å². The zero-order valence-electron chi connectivity index (χ0n) is 12.9. The van der Waals surface area contributed by atoms with E-state index in [-0.39, 0.29) is 17.1 Å². The fraction of sp³-hybridized carbons (Fsp3) is 0.667. The minimum atomic E-state index is 0. The van der Waals surface area contributed by atoms with Crippen LogP contribution in [0.15, 0.2) is 18.2 Å². The van der Waals surface area contributed by atoms with Gasteiger partial charge < -0.3 is 9.47 Å². The molecule has 0 fully saturated rings. The van der Waals surface area contributed by atoms with Crippen molar-refractivity contribution in [3.8, 4) is 0 Å². The second-order valence-corrected chi connectivity index (χ2v) is 5.32. The fourth-order valence-electron chi connectivity index (χ4n) is 2.18. The van der Waals surface area contributed by atoms with E-state index in [0.29, 0.717) is 13.2 Å². The largest absolute Gasteiger partial charge is 2.00 e. The van der Waals surface area contributed by atoms with Crippen molar-refractivity contribution in [2.24, 2.45) is 0 Å². The number of nitrogens with zero attached hydrogens (tertiary/aromatic N) is 3. The summed E-state index contributed by atoms with van der Waals surface area (Å²) in [6.07, 6.45) is 0. The molecule has 2 rings (SSSR count). The molecule has 1 aromatic rings. The van der Waals surface area contributed by atoms with Gasteiger partial charge in [-0.1, -0.05) is 6.07 Å².